The highest BCUT2D eigenvalue weighted by atomic mass is 16.5. The molecule has 5 nitrogen and oxygen atoms in total. The minimum Gasteiger partial charge on any atom is -0.385 e. The molecule has 21 heavy (non-hydrogen) atoms. The predicted octanol–water partition coefficient (Wildman–Crippen LogP) is 2.13. The Kier molecular flexibility index (Phi) is 9.42. The summed E-state index contributed by atoms with van der Waals surface area (Å²) in [4.78, 5) is 7.08. The molecule has 0 spiro atoms. The number of hydrogen-bond donors (Lipinski definition) is 1. The van der Waals surface area contributed by atoms with Gasteiger partial charge in [0.2, 0.25) is 0 Å². The minimum absolute atomic E-state index is 0.395. The van der Waals surface area contributed by atoms with Crippen molar-refractivity contribution in [2.24, 2.45) is 10.9 Å². The Morgan fingerprint density at radius 3 is 2.57 bits per heavy atom. The molecule has 124 valence electrons. The molecule has 0 aliphatic carbocycles. The lowest BCUT2D eigenvalue weighted by atomic mass is 10.1. The molecular weight excluding hydrogens is 266 g/mol. The second-order valence-corrected chi connectivity index (χ2v) is 5.99. The Labute approximate surface area is 130 Å². The van der Waals surface area contributed by atoms with Crippen LogP contribution < -0.4 is 5.32 Å². The van der Waals surface area contributed by atoms with E-state index in [4.69, 9.17) is 14.5 Å². The van der Waals surface area contributed by atoms with E-state index in [1.807, 2.05) is 0 Å². The largest absolute Gasteiger partial charge is 0.385 e. The molecule has 1 fully saturated rings. The van der Waals surface area contributed by atoms with Gasteiger partial charge in [0.15, 0.2) is 5.96 Å². The zero-order valence-electron chi connectivity index (χ0n) is 14.2. The summed E-state index contributed by atoms with van der Waals surface area (Å²) in [6.45, 7) is 12.0. The third-order valence-electron chi connectivity index (χ3n) is 3.53. The summed E-state index contributed by atoms with van der Waals surface area (Å²) >= 11 is 0. The van der Waals surface area contributed by atoms with Crippen molar-refractivity contribution >= 4 is 5.96 Å². The fourth-order valence-electron chi connectivity index (χ4n) is 2.38. The lowest BCUT2D eigenvalue weighted by molar-refractivity contribution is 0.00990. The van der Waals surface area contributed by atoms with Crippen LogP contribution in [0.3, 0.4) is 0 Å². The first kappa shape index (κ1) is 18.2. The fraction of sp³-hybridized carbons (Fsp3) is 0.938. The number of nitrogens with zero attached hydrogens (tertiary/aromatic N) is 2. The Bertz CT molecular complexity index is 287. The normalized spacial score (nSPS) is 17.6. The zero-order valence-corrected chi connectivity index (χ0v) is 14.2. The van der Waals surface area contributed by atoms with Crippen molar-refractivity contribution in [3.05, 3.63) is 0 Å². The van der Waals surface area contributed by atoms with Crippen molar-refractivity contribution in [1.82, 2.24) is 10.2 Å². The number of methoxy groups -OCH3 is 1. The molecule has 0 atom stereocenters. The van der Waals surface area contributed by atoms with E-state index in [2.05, 4.69) is 31.0 Å². The van der Waals surface area contributed by atoms with Crippen molar-refractivity contribution in [2.75, 3.05) is 46.5 Å². The fourth-order valence-corrected chi connectivity index (χ4v) is 2.38. The second kappa shape index (κ2) is 10.9. The molecular formula is C16H33N3O2. The number of piperidine rings is 1. The molecule has 0 aromatic heterocycles. The van der Waals surface area contributed by atoms with Crippen LogP contribution in [0.5, 0.6) is 0 Å². The first-order chi connectivity index (χ1) is 10.2. The van der Waals surface area contributed by atoms with E-state index in [9.17, 15) is 0 Å². The predicted molar refractivity (Wildman–Crippen MR) is 87.9 cm³/mol. The zero-order chi connectivity index (χ0) is 15.5. The van der Waals surface area contributed by atoms with E-state index in [1.54, 1.807) is 7.11 Å². The van der Waals surface area contributed by atoms with Gasteiger partial charge in [-0.3, -0.25) is 4.99 Å². The summed E-state index contributed by atoms with van der Waals surface area (Å²) < 4.78 is 10.9. The summed E-state index contributed by atoms with van der Waals surface area (Å²) in [6, 6.07) is 0. The van der Waals surface area contributed by atoms with Crippen molar-refractivity contribution in [3.8, 4) is 0 Å². The van der Waals surface area contributed by atoms with Crippen LogP contribution >= 0.6 is 0 Å². The second-order valence-electron chi connectivity index (χ2n) is 5.99. The summed E-state index contributed by atoms with van der Waals surface area (Å²) in [6.07, 6.45) is 3.54. The van der Waals surface area contributed by atoms with E-state index >= 15 is 0 Å². The van der Waals surface area contributed by atoms with Gasteiger partial charge in [-0.1, -0.05) is 13.8 Å². The molecule has 0 bridgehead atoms. The number of rotatable bonds is 8. The highest BCUT2D eigenvalue weighted by molar-refractivity contribution is 5.80. The molecule has 1 aliphatic heterocycles. The summed E-state index contributed by atoms with van der Waals surface area (Å²) in [7, 11) is 1.73. The molecule has 1 rings (SSSR count). The van der Waals surface area contributed by atoms with Crippen LogP contribution in [0.25, 0.3) is 0 Å². The van der Waals surface area contributed by atoms with E-state index in [0.29, 0.717) is 12.0 Å². The highest BCUT2D eigenvalue weighted by Crippen LogP contribution is 2.14. The minimum atomic E-state index is 0.395. The Morgan fingerprint density at radius 2 is 2.00 bits per heavy atom. The van der Waals surface area contributed by atoms with Crippen LogP contribution in [0, 0.1) is 5.92 Å². The molecule has 0 radical (unpaired) electrons. The van der Waals surface area contributed by atoms with Crippen molar-refractivity contribution < 1.29 is 9.47 Å². The number of likely N-dealkylation sites (tertiary alicyclic amines) is 1. The summed E-state index contributed by atoms with van der Waals surface area (Å²) in [5.74, 6) is 1.66. The van der Waals surface area contributed by atoms with Crippen LogP contribution in [0.15, 0.2) is 4.99 Å². The van der Waals surface area contributed by atoms with Gasteiger partial charge in [-0.25, -0.2) is 0 Å². The molecule has 0 aromatic rings. The van der Waals surface area contributed by atoms with Crippen LogP contribution in [0.4, 0.5) is 0 Å². The monoisotopic (exact) mass is 299 g/mol. The number of aliphatic imine (C=N–C) groups is 1. The topological polar surface area (TPSA) is 46.1 Å². The van der Waals surface area contributed by atoms with E-state index in [1.165, 1.54) is 0 Å². The van der Waals surface area contributed by atoms with Crippen LogP contribution in [-0.2, 0) is 9.47 Å². The average molecular weight is 299 g/mol. The lowest BCUT2D eigenvalue weighted by Crippen LogP contribution is -2.47. The third kappa shape index (κ3) is 7.67. The molecule has 0 amide bonds. The molecule has 1 saturated heterocycles. The van der Waals surface area contributed by atoms with Gasteiger partial charge < -0.3 is 19.7 Å². The van der Waals surface area contributed by atoms with Crippen LogP contribution in [-0.4, -0.2) is 63.5 Å². The van der Waals surface area contributed by atoms with Gasteiger partial charge in [0.1, 0.15) is 0 Å². The van der Waals surface area contributed by atoms with E-state index < -0.39 is 0 Å². The standard InChI is InChI=1S/C16H33N3O2/c1-5-17-16(18-13-14(2)3)19-9-7-15(8-10-19)21-12-6-11-20-4/h14-15H,5-13H2,1-4H3,(H,17,18). The molecule has 1 heterocycles. The van der Waals surface area contributed by atoms with Crippen LogP contribution in [0.2, 0.25) is 0 Å². The van der Waals surface area contributed by atoms with Crippen molar-refractivity contribution in [3.63, 3.8) is 0 Å². The first-order valence-electron chi connectivity index (χ1n) is 8.31. The first-order valence-corrected chi connectivity index (χ1v) is 8.31. The quantitative estimate of drug-likeness (QED) is 0.424. The van der Waals surface area contributed by atoms with Gasteiger partial charge in [0.25, 0.3) is 0 Å². The maximum atomic E-state index is 5.90. The molecule has 0 unspecified atom stereocenters. The SMILES string of the molecule is CCNC(=NCC(C)C)N1CCC(OCCCOC)CC1. The smallest absolute Gasteiger partial charge is 0.193 e. The van der Waals surface area contributed by atoms with Crippen LogP contribution in [0.1, 0.15) is 40.0 Å². The molecule has 0 saturated carbocycles. The van der Waals surface area contributed by atoms with Gasteiger partial charge >= 0.3 is 0 Å². The van der Waals surface area contributed by atoms with E-state index in [-0.39, 0.29) is 0 Å². The van der Waals surface area contributed by atoms with Gasteiger partial charge in [0.05, 0.1) is 6.10 Å². The Balaban J connectivity index is 2.33. The number of guanidine groups is 1. The Morgan fingerprint density at radius 1 is 1.29 bits per heavy atom. The van der Waals surface area contributed by atoms with Crippen molar-refractivity contribution in [2.45, 2.75) is 46.1 Å². The van der Waals surface area contributed by atoms with Gasteiger partial charge in [-0.05, 0) is 32.1 Å². The molecule has 0 aromatic carbocycles. The molecule has 1 N–H and O–H groups in total. The van der Waals surface area contributed by atoms with Crippen molar-refractivity contribution in [1.29, 1.82) is 0 Å². The number of hydrogen-bond acceptors (Lipinski definition) is 3. The number of ether oxygens (including phenoxy) is 2. The average Bonchev–Trinajstić information content (AvgIpc) is 2.48. The lowest BCUT2D eigenvalue weighted by Gasteiger charge is -2.34. The summed E-state index contributed by atoms with van der Waals surface area (Å²) in [5.41, 5.74) is 0. The highest BCUT2D eigenvalue weighted by Gasteiger charge is 2.21. The van der Waals surface area contributed by atoms with E-state index in [0.717, 1.165) is 64.6 Å². The van der Waals surface area contributed by atoms with Gasteiger partial charge in [0, 0.05) is 46.5 Å². The maximum Gasteiger partial charge on any atom is 0.193 e. The molecule has 1 aliphatic rings. The summed E-state index contributed by atoms with van der Waals surface area (Å²) in [5, 5.41) is 3.40. The molecule has 5 heteroatoms. The third-order valence-corrected chi connectivity index (χ3v) is 3.53. The Hall–Kier alpha value is -0.810. The maximum absolute atomic E-state index is 5.90. The number of nitrogens with one attached hydrogen (secondary N) is 1. The van der Waals surface area contributed by atoms with Gasteiger partial charge in [-0.2, -0.15) is 0 Å². The van der Waals surface area contributed by atoms with Gasteiger partial charge in [-0.15, -0.1) is 0 Å².